The topological polar surface area (TPSA) is 40.6 Å². The summed E-state index contributed by atoms with van der Waals surface area (Å²) in [4.78, 5) is 28.0. The third kappa shape index (κ3) is 2.30. The number of piperidine rings is 1. The zero-order valence-corrected chi connectivity index (χ0v) is 10.9. The summed E-state index contributed by atoms with van der Waals surface area (Å²) in [6.45, 7) is 2.76. The molecule has 3 aliphatic rings. The van der Waals surface area contributed by atoms with Crippen molar-refractivity contribution in [3.05, 3.63) is 0 Å². The first-order valence-electron chi connectivity index (χ1n) is 7.29. The van der Waals surface area contributed by atoms with E-state index < -0.39 is 0 Å². The van der Waals surface area contributed by atoms with Crippen molar-refractivity contribution in [2.45, 2.75) is 57.0 Å². The average molecular weight is 250 g/mol. The number of carbonyl (C=O) groups is 2. The zero-order chi connectivity index (χ0) is 12.5. The number of Topliss-reactive ketones (excluding diaryl/α,β-unsaturated/α-hetero) is 1. The van der Waals surface area contributed by atoms with E-state index in [1.54, 1.807) is 0 Å². The monoisotopic (exact) mass is 250 g/mol. The lowest BCUT2D eigenvalue weighted by atomic mass is 10.0. The second-order valence-electron chi connectivity index (χ2n) is 5.91. The van der Waals surface area contributed by atoms with Crippen LogP contribution < -0.4 is 0 Å². The van der Waals surface area contributed by atoms with Gasteiger partial charge in [0.15, 0.2) is 0 Å². The maximum absolute atomic E-state index is 12.0. The van der Waals surface area contributed by atoms with Crippen LogP contribution in [0.25, 0.3) is 0 Å². The van der Waals surface area contributed by atoms with Crippen LogP contribution in [0.5, 0.6) is 0 Å². The van der Waals surface area contributed by atoms with Gasteiger partial charge in [0.2, 0.25) is 5.91 Å². The van der Waals surface area contributed by atoms with Gasteiger partial charge < -0.3 is 4.90 Å². The Morgan fingerprint density at radius 3 is 2.33 bits per heavy atom. The minimum absolute atomic E-state index is 0.309. The average Bonchev–Trinajstić information content (AvgIpc) is 2.94. The van der Waals surface area contributed by atoms with E-state index >= 15 is 0 Å². The Labute approximate surface area is 108 Å². The summed E-state index contributed by atoms with van der Waals surface area (Å²) in [5.41, 5.74) is 0. The van der Waals surface area contributed by atoms with Crippen molar-refractivity contribution in [1.82, 2.24) is 9.80 Å². The lowest BCUT2D eigenvalue weighted by Gasteiger charge is -2.34. The molecule has 3 aliphatic heterocycles. The van der Waals surface area contributed by atoms with Crippen LogP contribution in [0, 0.1) is 0 Å². The number of likely N-dealkylation sites (tertiary alicyclic amines) is 1. The number of carbonyl (C=O) groups excluding carboxylic acids is 2. The third-order valence-electron chi connectivity index (χ3n) is 4.74. The summed E-state index contributed by atoms with van der Waals surface area (Å²) in [5, 5.41) is 0. The standard InChI is InChI=1S/C14H22N2O2/c17-13-9-11-3-4-12(10-13)16(11)8-5-14(18)15-6-1-2-7-15/h11-12H,1-10H2. The Morgan fingerprint density at radius 2 is 1.72 bits per heavy atom. The molecule has 2 bridgehead atoms. The highest BCUT2D eigenvalue weighted by atomic mass is 16.2. The van der Waals surface area contributed by atoms with Gasteiger partial charge >= 0.3 is 0 Å². The number of hydrogen-bond donors (Lipinski definition) is 0. The second kappa shape index (κ2) is 5.00. The molecular formula is C14H22N2O2. The van der Waals surface area contributed by atoms with Gasteiger partial charge in [-0.3, -0.25) is 14.5 Å². The molecular weight excluding hydrogens is 228 g/mol. The van der Waals surface area contributed by atoms with Gasteiger partial charge in [-0.2, -0.15) is 0 Å². The van der Waals surface area contributed by atoms with Crippen LogP contribution >= 0.6 is 0 Å². The molecule has 3 fully saturated rings. The molecule has 0 aliphatic carbocycles. The molecule has 4 nitrogen and oxygen atoms in total. The highest BCUT2D eigenvalue weighted by Crippen LogP contribution is 2.33. The van der Waals surface area contributed by atoms with E-state index in [-0.39, 0.29) is 0 Å². The quantitative estimate of drug-likeness (QED) is 0.755. The summed E-state index contributed by atoms with van der Waals surface area (Å²) < 4.78 is 0. The van der Waals surface area contributed by atoms with Gasteiger partial charge in [0.1, 0.15) is 5.78 Å². The van der Waals surface area contributed by atoms with E-state index in [1.807, 2.05) is 4.90 Å². The molecule has 18 heavy (non-hydrogen) atoms. The van der Waals surface area contributed by atoms with E-state index in [0.29, 0.717) is 43.0 Å². The van der Waals surface area contributed by atoms with E-state index in [9.17, 15) is 9.59 Å². The van der Waals surface area contributed by atoms with Gasteiger partial charge in [0.25, 0.3) is 0 Å². The number of hydrogen-bond acceptors (Lipinski definition) is 3. The second-order valence-corrected chi connectivity index (χ2v) is 5.91. The summed E-state index contributed by atoms with van der Waals surface area (Å²) in [5.74, 6) is 0.730. The Bertz CT molecular complexity index is 334. The smallest absolute Gasteiger partial charge is 0.223 e. The van der Waals surface area contributed by atoms with Crippen LogP contribution in [0.2, 0.25) is 0 Å². The highest BCUT2D eigenvalue weighted by molar-refractivity contribution is 5.81. The lowest BCUT2D eigenvalue weighted by molar-refractivity contribution is -0.130. The summed E-state index contributed by atoms with van der Waals surface area (Å²) in [6, 6.07) is 0.866. The van der Waals surface area contributed by atoms with Crippen LogP contribution in [0.1, 0.15) is 44.9 Å². The molecule has 1 amide bonds. The molecule has 0 saturated carbocycles. The van der Waals surface area contributed by atoms with E-state index in [2.05, 4.69) is 4.90 Å². The van der Waals surface area contributed by atoms with Crippen LogP contribution in [0.3, 0.4) is 0 Å². The van der Waals surface area contributed by atoms with Crippen molar-refractivity contribution in [2.75, 3.05) is 19.6 Å². The molecule has 2 atom stereocenters. The largest absolute Gasteiger partial charge is 0.343 e. The van der Waals surface area contributed by atoms with Crippen molar-refractivity contribution < 1.29 is 9.59 Å². The van der Waals surface area contributed by atoms with Crippen LogP contribution in [0.4, 0.5) is 0 Å². The molecule has 0 aromatic carbocycles. The van der Waals surface area contributed by atoms with Crippen molar-refractivity contribution >= 4 is 11.7 Å². The fourth-order valence-corrected chi connectivity index (χ4v) is 3.78. The fraction of sp³-hybridized carbons (Fsp3) is 0.857. The number of nitrogens with zero attached hydrogens (tertiary/aromatic N) is 2. The normalized spacial score (nSPS) is 32.2. The number of ketones is 1. The molecule has 100 valence electrons. The van der Waals surface area contributed by atoms with Crippen molar-refractivity contribution in [3.63, 3.8) is 0 Å². The summed E-state index contributed by atoms with van der Waals surface area (Å²) >= 11 is 0. The maximum Gasteiger partial charge on any atom is 0.223 e. The van der Waals surface area contributed by atoms with Crippen molar-refractivity contribution in [3.8, 4) is 0 Å². The number of rotatable bonds is 3. The molecule has 3 heterocycles. The summed E-state index contributed by atoms with van der Waals surface area (Å²) in [6.07, 6.45) is 6.69. The molecule has 0 radical (unpaired) electrons. The predicted molar refractivity (Wildman–Crippen MR) is 68.2 cm³/mol. The van der Waals surface area contributed by atoms with Crippen molar-refractivity contribution in [1.29, 1.82) is 0 Å². The Kier molecular flexibility index (Phi) is 3.37. The molecule has 0 spiro atoms. The lowest BCUT2D eigenvalue weighted by Crippen LogP contribution is -2.44. The van der Waals surface area contributed by atoms with E-state index in [0.717, 1.165) is 45.3 Å². The van der Waals surface area contributed by atoms with Gasteiger partial charge in [-0.05, 0) is 25.7 Å². The first kappa shape index (κ1) is 12.2. The van der Waals surface area contributed by atoms with Gasteiger partial charge in [0, 0.05) is 51.0 Å². The van der Waals surface area contributed by atoms with E-state index in [1.165, 1.54) is 0 Å². The maximum atomic E-state index is 12.0. The predicted octanol–water partition coefficient (Wildman–Crippen LogP) is 1.19. The minimum atomic E-state index is 0.309. The van der Waals surface area contributed by atoms with Crippen LogP contribution in [-0.4, -0.2) is 53.2 Å². The van der Waals surface area contributed by atoms with Crippen molar-refractivity contribution in [2.24, 2.45) is 0 Å². The Morgan fingerprint density at radius 1 is 1.11 bits per heavy atom. The number of amides is 1. The molecule has 0 aromatic rings. The number of fused-ring (bicyclic) bond motifs is 2. The highest BCUT2D eigenvalue weighted by Gasteiger charge is 2.39. The molecule has 3 saturated heterocycles. The summed E-state index contributed by atoms with van der Waals surface area (Å²) in [7, 11) is 0. The molecule has 0 N–H and O–H groups in total. The molecule has 0 aromatic heterocycles. The molecule has 4 heteroatoms. The first-order chi connectivity index (χ1) is 8.74. The third-order valence-corrected chi connectivity index (χ3v) is 4.74. The van der Waals surface area contributed by atoms with Gasteiger partial charge in [0.05, 0.1) is 0 Å². The SMILES string of the molecule is O=C1CC2CCC(C1)N2CCC(=O)N1CCCC1. The van der Waals surface area contributed by atoms with E-state index in [4.69, 9.17) is 0 Å². The van der Waals surface area contributed by atoms with Gasteiger partial charge in [-0.1, -0.05) is 0 Å². The molecule has 3 rings (SSSR count). The Hall–Kier alpha value is -0.900. The van der Waals surface area contributed by atoms with Crippen LogP contribution in [-0.2, 0) is 9.59 Å². The van der Waals surface area contributed by atoms with Gasteiger partial charge in [-0.15, -0.1) is 0 Å². The zero-order valence-electron chi connectivity index (χ0n) is 10.9. The fourth-order valence-electron chi connectivity index (χ4n) is 3.78. The van der Waals surface area contributed by atoms with Crippen LogP contribution in [0.15, 0.2) is 0 Å². The van der Waals surface area contributed by atoms with Gasteiger partial charge in [-0.25, -0.2) is 0 Å². The molecule has 2 unspecified atom stereocenters. The Balaban J connectivity index is 1.51. The first-order valence-corrected chi connectivity index (χ1v) is 7.29. The minimum Gasteiger partial charge on any atom is -0.343 e.